The summed E-state index contributed by atoms with van der Waals surface area (Å²) >= 11 is 3.45. The van der Waals surface area contributed by atoms with Crippen molar-refractivity contribution in [2.24, 2.45) is 11.7 Å². The number of aliphatic carboxylic acids is 1. The van der Waals surface area contributed by atoms with Crippen molar-refractivity contribution < 1.29 is 9.90 Å². The van der Waals surface area contributed by atoms with Crippen molar-refractivity contribution in [3.8, 4) is 0 Å². The van der Waals surface area contributed by atoms with Crippen LogP contribution in [0.15, 0.2) is 28.7 Å². The van der Waals surface area contributed by atoms with Crippen LogP contribution in [-0.4, -0.2) is 35.6 Å². The maximum Gasteiger partial charge on any atom is 0.307 e. The van der Waals surface area contributed by atoms with Crippen molar-refractivity contribution in [1.29, 1.82) is 0 Å². The summed E-state index contributed by atoms with van der Waals surface area (Å²) < 4.78 is 1.02. The van der Waals surface area contributed by atoms with E-state index in [1.165, 1.54) is 0 Å². The Morgan fingerprint density at radius 2 is 2.39 bits per heavy atom. The third-order valence-corrected chi connectivity index (χ3v) is 3.96. The highest BCUT2D eigenvalue weighted by atomic mass is 79.9. The zero-order valence-electron chi connectivity index (χ0n) is 10.1. The standard InChI is InChI=1S/C13H17BrN2O2/c14-11-3-1-2-9(6-11)12(7-15)16-5-4-10(8-16)13(17)18/h1-3,6,10,12H,4-5,7-8,15H2,(H,17,18)/t10-,12+/m0/s1. The summed E-state index contributed by atoms with van der Waals surface area (Å²) in [5.41, 5.74) is 6.99. The Hall–Kier alpha value is -0.910. The first-order valence-electron chi connectivity index (χ1n) is 6.04. The molecule has 98 valence electrons. The highest BCUT2D eigenvalue weighted by Crippen LogP contribution is 2.28. The third-order valence-electron chi connectivity index (χ3n) is 3.47. The summed E-state index contributed by atoms with van der Waals surface area (Å²) in [6.45, 7) is 1.89. The smallest absolute Gasteiger partial charge is 0.307 e. The molecule has 1 aromatic rings. The molecule has 3 N–H and O–H groups in total. The number of likely N-dealkylation sites (tertiary alicyclic amines) is 1. The summed E-state index contributed by atoms with van der Waals surface area (Å²) in [5, 5.41) is 9.03. The molecule has 0 unspecified atom stereocenters. The second-order valence-corrected chi connectivity index (χ2v) is 5.54. The molecule has 2 rings (SSSR count). The van der Waals surface area contributed by atoms with Crippen molar-refractivity contribution in [2.45, 2.75) is 12.5 Å². The number of halogens is 1. The molecular formula is C13H17BrN2O2. The van der Waals surface area contributed by atoms with Gasteiger partial charge in [0.25, 0.3) is 0 Å². The number of carbonyl (C=O) groups is 1. The number of carboxylic acid groups (broad SMARTS) is 1. The van der Waals surface area contributed by atoms with Gasteiger partial charge in [-0.15, -0.1) is 0 Å². The van der Waals surface area contributed by atoms with E-state index in [9.17, 15) is 4.79 Å². The Balaban J connectivity index is 2.13. The topological polar surface area (TPSA) is 66.6 Å². The minimum Gasteiger partial charge on any atom is -0.481 e. The van der Waals surface area contributed by atoms with Gasteiger partial charge in [-0.25, -0.2) is 0 Å². The van der Waals surface area contributed by atoms with Crippen LogP contribution in [-0.2, 0) is 4.79 Å². The Morgan fingerprint density at radius 1 is 1.61 bits per heavy atom. The molecular weight excluding hydrogens is 296 g/mol. The Morgan fingerprint density at radius 3 is 2.94 bits per heavy atom. The molecule has 1 aliphatic rings. The molecule has 0 saturated carbocycles. The summed E-state index contributed by atoms with van der Waals surface area (Å²) in [6, 6.07) is 8.14. The van der Waals surface area contributed by atoms with E-state index < -0.39 is 5.97 Å². The van der Waals surface area contributed by atoms with E-state index >= 15 is 0 Å². The first-order valence-corrected chi connectivity index (χ1v) is 6.83. The number of hydrogen-bond acceptors (Lipinski definition) is 3. The van der Waals surface area contributed by atoms with Gasteiger partial charge in [0, 0.05) is 23.6 Å². The Kier molecular flexibility index (Phi) is 4.37. The molecule has 0 aliphatic carbocycles. The summed E-state index contributed by atoms with van der Waals surface area (Å²) in [5.74, 6) is -0.964. The van der Waals surface area contributed by atoms with Crippen LogP contribution in [0, 0.1) is 5.92 Å². The van der Waals surface area contributed by atoms with Gasteiger partial charge < -0.3 is 10.8 Å². The highest BCUT2D eigenvalue weighted by Gasteiger charge is 2.32. The molecule has 5 heteroatoms. The zero-order chi connectivity index (χ0) is 13.1. The van der Waals surface area contributed by atoms with E-state index in [1.54, 1.807) is 0 Å². The van der Waals surface area contributed by atoms with Crippen LogP contribution in [0.5, 0.6) is 0 Å². The second-order valence-electron chi connectivity index (χ2n) is 4.63. The van der Waals surface area contributed by atoms with Gasteiger partial charge in [-0.1, -0.05) is 28.1 Å². The van der Waals surface area contributed by atoms with Gasteiger partial charge in [0.1, 0.15) is 0 Å². The maximum absolute atomic E-state index is 11.0. The van der Waals surface area contributed by atoms with Gasteiger partial charge in [0.2, 0.25) is 0 Å². The molecule has 0 bridgehead atoms. The quantitative estimate of drug-likeness (QED) is 0.890. The highest BCUT2D eigenvalue weighted by molar-refractivity contribution is 9.10. The fourth-order valence-electron chi connectivity index (χ4n) is 2.48. The molecule has 0 spiro atoms. The predicted molar refractivity (Wildman–Crippen MR) is 73.3 cm³/mol. The molecule has 2 atom stereocenters. The number of nitrogens with zero attached hydrogens (tertiary/aromatic N) is 1. The van der Waals surface area contributed by atoms with Gasteiger partial charge in [0.15, 0.2) is 0 Å². The first kappa shape index (κ1) is 13.5. The second kappa shape index (κ2) is 5.82. The average Bonchev–Trinajstić information content (AvgIpc) is 2.80. The summed E-state index contributed by atoms with van der Waals surface area (Å²) in [6.07, 6.45) is 0.708. The van der Waals surface area contributed by atoms with Crippen molar-refractivity contribution in [1.82, 2.24) is 4.90 Å². The van der Waals surface area contributed by atoms with E-state index in [0.29, 0.717) is 19.5 Å². The first-order chi connectivity index (χ1) is 8.61. The minimum absolute atomic E-state index is 0.104. The molecule has 0 aromatic heterocycles. The maximum atomic E-state index is 11.0. The van der Waals surface area contributed by atoms with Crippen molar-refractivity contribution in [3.63, 3.8) is 0 Å². The monoisotopic (exact) mass is 312 g/mol. The molecule has 1 aromatic carbocycles. The molecule has 1 heterocycles. The molecule has 18 heavy (non-hydrogen) atoms. The minimum atomic E-state index is -0.706. The molecule has 0 radical (unpaired) electrons. The predicted octanol–water partition coefficient (Wildman–Crippen LogP) is 1.86. The van der Waals surface area contributed by atoms with Crippen molar-refractivity contribution >= 4 is 21.9 Å². The lowest BCUT2D eigenvalue weighted by Crippen LogP contribution is -2.32. The van der Waals surface area contributed by atoms with Gasteiger partial charge in [-0.3, -0.25) is 9.69 Å². The fourth-order valence-corrected chi connectivity index (χ4v) is 2.90. The molecule has 1 aliphatic heterocycles. The van der Waals surface area contributed by atoms with E-state index in [4.69, 9.17) is 10.8 Å². The van der Waals surface area contributed by atoms with E-state index in [2.05, 4.69) is 20.8 Å². The van der Waals surface area contributed by atoms with Gasteiger partial charge in [0.05, 0.1) is 5.92 Å². The van der Waals surface area contributed by atoms with Crippen LogP contribution in [0.3, 0.4) is 0 Å². The number of nitrogens with two attached hydrogens (primary N) is 1. The summed E-state index contributed by atoms with van der Waals surface area (Å²) in [4.78, 5) is 13.2. The van der Waals surface area contributed by atoms with E-state index in [1.807, 2.05) is 24.3 Å². The lowest BCUT2D eigenvalue weighted by molar-refractivity contribution is -0.141. The zero-order valence-corrected chi connectivity index (χ0v) is 11.6. The number of benzene rings is 1. The van der Waals surface area contributed by atoms with Crippen LogP contribution in [0.1, 0.15) is 18.0 Å². The number of carboxylic acids is 1. The normalized spacial score (nSPS) is 22.0. The third kappa shape index (κ3) is 2.91. The lowest BCUT2D eigenvalue weighted by Gasteiger charge is -2.27. The Bertz CT molecular complexity index is 439. The van der Waals surface area contributed by atoms with Gasteiger partial charge in [-0.2, -0.15) is 0 Å². The van der Waals surface area contributed by atoms with Gasteiger partial charge in [-0.05, 0) is 30.7 Å². The SMILES string of the molecule is NC[C@H](c1cccc(Br)c1)N1CC[C@H](C(=O)O)C1. The van der Waals surface area contributed by atoms with Crippen LogP contribution < -0.4 is 5.73 Å². The van der Waals surface area contributed by atoms with E-state index in [-0.39, 0.29) is 12.0 Å². The van der Waals surface area contributed by atoms with Crippen LogP contribution in [0.4, 0.5) is 0 Å². The molecule has 4 nitrogen and oxygen atoms in total. The lowest BCUT2D eigenvalue weighted by atomic mass is 10.1. The van der Waals surface area contributed by atoms with Crippen molar-refractivity contribution in [2.75, 3.05) is 19.6 Å². The van der Waals surface area contributed by atoms with E-state index in [0.717, 1.165) is 16.6 Å². The fraction of sp³-hybridized carbons (Fsp3) is 0.462. The number of hydrogen-bond donors (Lipinski definition) is 2. The molecule has 1 fully saturated rings. The molecule has 0 amide bonds. The van der Waals surface area contributed by atoms with Crippen molar-refractivity contribution in [3.05, 3.63) is 34.3 Å². The summed E-state index contributed by atoms with van der Waals surface area (Å²) in [7, 11) is 0. The van der Waals surface area contributed by atoms with Crippen LogP contribution >= 0.6 is 15.9 Å². The van der Waals surface area contributed by atoms with Crippen LogP contribution in [0.25, 0.3) is 0 Å². The average molecular weight is 313 g/mol. The Labute approximate surface area is 115 Å². The number of rotatable bonds is 4. The van der Waals surface area contributed by atoms with Gasteiger partial charge >= 0.3 is 5.97 Å². The largest absolute Gasteiger partial charge is 0.481 e. The van der Waals surface area contributed by atoms with Crippen LogP contribution in [0.2, 0.25) is 0 Å². The molecule has 1 saturated heterocycles.